The second-order valence-corrected chi connectivity index (χ2v) is 18.8. The molecule has 3 aliphatic rings. The molecule has 0 aliphatic carbocycles. The van der Waals surface area contributed by atoms with Gasteiger partial charge in [0.25, 0.3) is 0 Å². The summed E-state index contributed by atoms with van der Waals surface area (Å²) < 4.78 is 24.1. The van der Waals surface area contributed by atoms with Crippen LogP contribution in [-0.4, -0.2) is 90.0 Å². The van der Waals surface area contributed by atoms with Gasteiger partial charge < -0.3 is 28.6 Å². The SMILES string of the molecule is CC(C)(C)OC(=O)N1CC=C(B2OC(C)(C)C(C)(C)O2)C1.Cc1csc(Br)c1C.Cc1csc(C2=CCN(C(=O)OC(C)(C)C)C2)c1C.O=C=O.O=C=O. The van der Waals surface area contributed by atoms with Crippen LogP contribution in [0, 0.1) is 27.7 Å². The van der Waals surface area contributed by atoms with Crippen molar-refractivity contribution in [2.75, 3.05) is 26.2 Å². The van der Waals surface area contributed by atoms with Crippen molar-refractivity contribution in [2.24, 2.45) is 0 Å². The van der Waals surface area contributed by atoms with E-state index in [1.807, 2.05) is 75.3 Å². The Labute approximate surface area is 336 Å². The van der Waals surface area contributed by atoms with Gasteiger partial charge in [-0.15, -0.1) is 22.7 Å². The van der Waals surface area contributed by atoms with Crippen molar-refractivity contribution in [3.8, 4) is 0 Å². The third-order valence-electron chi connectivity index (χ3n) is 8.53. The van der Waals surface area contributed by atoms with Crippen molar-refractivity contribution in [1.29, 1.82) is 0 Å². The predicted octanol–water partition coefficient (Wildman–Crippen LogP) is 8.75. The Morgan fingerprint density at radius 1 is 0.741 bits per heavy atom. The van der Waals surface area contributed by atoms with Crippen molar-refractivity contribution < 1.29 is 47.5 Å². The molecule has 2 aromatic heterocycles. The molecule has 5 rings (SSSR count). The van der Waals surface area contributed by atoms with Gasteiger partial charge in [-0.2, -0.15) is 19.2 Å². The largest absolute Gasteiger partial charge is 0.492 e. The molecule has 0 spiro atoms. The Hall–Kier alpha value is -3.36. The quantitative estimate of drug-likeness (QED) is 0.269. The standard InChI is InChI=1S/C15H26BNO4.C15H21NO2S.C6H7BrS.2CO2/c1-13(2,3)19-12(18)17-9-8-11(10-17)16-20-14(4,5)15(6,7)21-16;1-10-9-19-13(11(10)2)12-6-7-16(8-12)14(17)18-15(3,4)5;1-4-3-8-6(7)5(4)2;2*2-1-3/h8H,9-10H2,1-7H3;6,9H,7-8H2,1-5H3;3H,1-2H3;;. The van der Waals surface area contributed by atoms with Crippen LogP contribution in [0.4, 0.5) is 9.59 Å². The number of ether oxygens (including phenoxy) is 2. The van der Waals surface area contributed by atoms with Crippen molar-refractivity contribution in [3.63, 3.8) is 0 Å². The Bertz CT molecular complexity index is 1670. The monoisotopic (exact) mass is 852 g/mol. The molecule has 0 radical (unpaired) electrons. The van der Waals surface area contributed by atoms with Gasteiger partial charge in [-0.1, -0.05) is 12.2 Å². The van der Waals surface area contributed by atoms with Crippen molar-refractivity contribution >= 4 is 75.8 Å². The Morgan fingerprint density at radius 2 is 1.15 bits per heavy atom. The zero-order chi connectivity index (χ0) is 41.8. The molecule has 5 heterocycles. The van der Waals surface area contributed by atoms with E-state index in [9.17, 15) is 9.59 Å². The van der Waals surface area contributed by atoms with Crippen LogP contribution < -0.4 is 0 Å². The molecular formula is C38H54BBrN2O10S2. The molecule has 54 heavy (non-hydrogen) atoms. The third kappa shape index (κ3) is 15.1. The lowest BCUT2D eigenvalue weighted by atomic mass is 9.79. The van der Waals surface area contributed by atoms with Gasteiger partial charge in [0.2, 0.25) is 0 Å². The zero-order valence-corrected chi connectivity index (χ0v) is 37.1. The number of aryl methyl sites for hydroxylation is 2. The van der Waals surface area contributed by atoms with E-state index in [0.717, 1.165) is 5.47 Å². The number of hydrogen-bond acceptors (Lipinski definition) is 12. The van der Waals surface area contributed by atoms with Crippen LogP contribution in [0.15, 0.2) is 32.2 Å². The van der Waals surface area contributed by atoms with Crippen LogP contribution in [0.2, 0.25) is 0 Å². The summed E-state index contributed by atoms with van der Waals surface area (Å²) in [5, 5.41) is 4.32. The first-order valence-corrected chi connectivity index (χ1v) is 19.7. The molecule has 0 aromatic carbocycles. The highest BCUT2D eigenvalue weighted by atomic mass is 79.9. The first-order valence-electron chi connectivity index (χ1n) is 17.2. The molecule has 0 N–H and O–H groups in total. The number of amides is 2. The topological polar surface area (TPSA) is 146 Å². The maximum atomic E-state index is 12.1. The number of hydrogen-bond donors (Lipinski definition) is 0. The van der Waals surface area contributed by atoms with Crippen LogP contribution in [0.1, 0.15) is 96.4 Å². The Balaban J connectivity index is 0.000000402. The summed E-state index contributed by atoms with van der Waals surface area (Å²) in [7, 11) is -0.387. The highest BCUT2D eigenvalue weighted by Gasteiger charge is 2.53. The molecule has 2 amide bonds. The molecule has 0 saturated carbocycles. The number of nitrogens with zero attached hydrogens (tertiary/aromatic N) is 2. The fourth-order valence-corrected chi connectivity index (χ4v) is 7.18. The van der Waals surface area contributed by atoms with E-state index in [1.165, 1.54) is 36.5 Å². The van der Waals surface area contributed by atoms with Crippen LogP contribution >= 0.6 is 38.6 Å². The van der Waals surface area contributed by atoms with Gasteiger partial charge in [0, 0.05) is 24.5 Å². The minimum atomic E-state index is -0.482. The molecule has 3 aliphatic heterocycles. The Morgan fingerprint density at radius 3 is 1.50 bits per heavy atom. The van der Waals surface area contributed by atoms with Gasteiger partial charge in [-0.3, -0.25) is 0 Å². The maximum absolute atomic E-state index is 12.1. The average Bonchev–Trinajstić information content (AvgIpc) is 3.85. The van der Waals surface area contributed by atoms with Crippen LogP contribution in [0.25, 0.3) is 5.57 Å². The van der Waals surface area contributed by atoms with E-state index in [0.29, 0.717) is 26.2 Å². The number of carbonyl (C=O) groups is 2. The minimum Gasteiger partial charge on any atom is -0.444 e. The van der Waals surface area contributed by atoms with E-state index in [2.05, 4.69) is 60.5 Å². The predicted molar refractivity (Wildman–Crippen MR) is 213 cm³/mol. The number of rotatable bonds is 2. The first-order chi connectivity index (χ1) is 24.7. The van der Waals surface area contributed by atoms with Gasteiger partial charge >= 0.3 is 31.6 Å². The van der Waals surface area contributed by atoms with Gasteiger partial charge in [0.1, 0.15) is 11.2 Å². The summed E-state index contributed by atoms with van der Waals surface area (Å²) >= 11 is 6.94. The van der Waals surface area contributed by atoms with Crippen molar-refractivity contribution in [1.82, 2.24) is 9.80 Å². The third-order valence-corrected chi connectivity index (χ3v) is 11.9. The molecule has 1 saturated heterocycles. The summed E-state index contributed by atoms with van der Waals surface area (Å²) in [6.07, 6.45) is 4.09. The highest BCUT2D eigenvalue weighted by Crippen LogP contribution is 2.39. The molecule has 1 fully saturated rings. The lowest BCUT2D eigenvalue weighted by Gasteiger charge is -2.32. The van der Waals surface area contributed by atoms with E-state index in [1.54, 1.807) is 32.5 Å². The van der Waals surface area contributed by atoms with E-state index >= 15 is 0 Å². The molecule has 16 heteroatoms. The number of halogens is 1. The van der Waals surface area contributed by atoms with Gasteiger partial charge in [0.05, 0.1) is 21.5 Å². The number of carbonyl (C=O) groups excluding carboxylic acids is 6. The molecule has 0 atom stereocenters. The van der Waals surface area contributed by atoms with Gasteiger partial charge in [-0.25, -0.2) is 9.59 Å². The van der Waals surface area contributed by atoms with Crippen LogP contribution in [-0.2, 0) is 38.0 Å². The fourth-order valence-electron chi connectivity index (χ4n) is 4.68. The van der Waals surface area contributed by atoms with E-state index in [-0.39, 0.29) is 42.8 Å². The molecule has 0 unspecified atom stereocenters. The van der Waals surface area contributed by atoms with Crippen LogP contribution in [0.3, 0.4) is 0 Å². The highest BCUT2D eigenvalue weighted by molar-refractivity contribution is 9.11. The lowest BCUT2D eigenvalue weighted by Crippen LogP contribution is -2.41. The van der Waals surface area contributed by atoms with Crippen molar-refractivity contribution in [2.45, 2.75) is 119 Å². The van der Waals surface area contributed by atoms with Crippen molar-refractivity contribution in [3.05, 3.63) is 59.3 Å². The summed E-state index contributed by atoms with van der Waals surface area (Å²) in [6.45, 7) is 30.2. The maximum Gasteiger partial charge on any atom is 0.492 e. The van der Waals surface area contributed by atoms with Crippen LogP contribution in [0.5, 0.6) is 0 Å². The van der Waals surface area contributed by atoms with Gasteiger partial charge in [-0.05, 0) is 157 Å². The van der Waals surface area contributed by atoms with Gasteiger partial charge in [0.15, 0.2) is 0 Å². The smallest absolute Gasteiger partial charge is 0.444 e. The van der Waals surface area contributed by atoms with E-state index in [4.69, 9.17) is 38.0 Å². The summed E-state index contributed by atoms with van der Waals surface area (Å²) in [5.41, 5.74) is 5.96. The normalized spacial score (nSPS) is 16.7. The average molecular weight is 854 g/mol. The molecule has 0 bridgehead atoms. The lowest BCUT2D eigenvalue weighted by molar-refractivity contribution is -0.193. The van der Waals surface area contributed by atoms with E-state index < -0.39 is 11.2 Å². The molecule has 2 aromatic rings. The molecule has 12 nitrogen and oxygen atoms in total. The number of thiophene rings is 2. The first kappa shape index (κ1) is 48.7. The summed E-state index contributed by atoms with van der Waals surface area (Å²) in [4.78, 5) is 61.3. The zero-order valence-electron chi connectivity index (χ0n) is 33.9. The fraction of sp³-hybridized carbons (Fsp3) is 0.579. The summed E-state index contributed by atoms with van der Waals surface area (Å²) in [5.74, 6) is 0. The minimum absolute atomic E-state index is 0.232. The molecular weight excluding hydrogens is 799 g/mol. The second kappa shape index (κ2) is 20.5. The molecule has 298 valence electrons. The summed E-state index contributed by atoms with van der Waals surface area (Å²) in [6, 6.07) is 0. The second-order valence-electron chi connectivity index (χ2n) is 15.7. The Kier molecular flexibility index (Phi) is 18.5.